The summed E-state index contributed by atoms with van der Waals surface area (Å²) < 4.78 is 12.7. The zero-order valence-corrected chi connectivity index (χ0v) is 13.1. The molecule has 1 heterocycles. The summed E-state index contributed by atoms with van der Waals surface area (Å²) in [7, 11) is 3.56. The van der Waals surface area contributed by atoms with Gasteiger partial charge in [0.25, 0.3) is 0 Å². The molecule has 2 aromatic rings. The van der Waals surface area contributed by atoms with Gasteiger partial charge in [0.15, 0.2) is 0 Å². The van der Waals surface area contributed by atoms with Crippen molar-refractivity contribution in [2.45, 2.75) is 27.0 Å². The number of para-hydroxylation sites is 1. The van der Waals surface area contributed by atoms with Crippen LogP contribution < -0.4 is 10.1 Å². The van der Waals surface area contributed by atoms with Crippen LogP contribution in [0.1, 0.15) is 23.7 Å². The van der Waals surface area contributed by atoms with Crippen LogP contribution in [0.25, 0.3) is 0 Å². The summed E-state index contributed by atoms with van der Waals surface area (Å²) in [6.45, 7) is 5.99. The van der Waals surface area contributed by atoms with E-state index in [1.54, 1.807) is 11.8 Å². The molecule has 2 rings (SSSR count). The van der Waals surface area contributed by atoms with Gasteiger partial charge in [-0.15, -0.1) is 0 Å². The molecule has 0 amide bonds. The standard InChI is InChI=1S/C16H23N3O2/c1-5-21-11-13-8-6-7-9-15(13)17-10-14-12(2)18-19(3)16(14)20-4/h6-9,17H,5,10-11H2,1-4H3. The number of hydrogen-bond acceptors (Lipinski definition) is 4. The van der Waals surface area contributed by atoms with Crippen molar-refractivity contribution in [3.05, 3.63) is 41.1 Å². The molecule has 5 heteroatoms. The zero-order chi connectivity index (χ0) is 15.2. The van der Waals surface area contributed by atoms with Crippen LogP contribution in [-0.4, -0.2) is 23.5 Å². The van der Waals surface area contributed by atoms with Gasteiger partial charge >= 0.3 is 0 Å². The fourth-order valence-electron chi connectivity index (χ4n) is 2.35. The Morgan fingerprint density at radius 2 is 2.05 bits per heavy atom. The number of ether oxygens (including phenoxy) is 2. The molecule has 114 valence electrons. The van der Waals surface area contributed by atoms with Crippen LogP contribution in [0.4, 0.5) is 5.69 Å². The second-order valence-electron chi connectivity index (χ2n) is 4.84. The molecule has 0 saturated heterocycles. The number of rotatable bonds is 7. The smallest absolute Gasteiger partial charge is 0.216 e. The Kier molecular flexibility index (Phi) is 5.22. The maximum Gasteiger partial charge on any atom is 0.216 e. The maximum absolute atomic E-state index is 5.50. The molecular formula is C16H23N3O2. The molecule has 0 unspecified atom stereocenters. The molecule has 1 aromatic carbocycles. The van der Waals surface area contributed by atoms with Crippen molar-refractivity contribution in [1.29, 1.82) is 0 Å². The first-order chi connectivity index (χ1) is 10.2. The molecule has 0 spiro atoms. The Labute approximate surface area is 125 Å². The molecule has 0 aliphatic heterocycles. The van der Waals surface area contributed by atoms with Crippen LogP contribution in [0, 0.1) is 6.92 Å². The van der Waals surface area contributed by atoms with Crippen molar-refractivity contribution in [3.63, 3.8) is 0 Å². The largest absolute Gasteiger partial charge is 0.481 e. The van der Waals surface area contributed by atoms with Gasteiger partial charge < -0.3 is 14.8 Å². The second-order valence-corrected chi connectivity index (χ2v) is 4.84. The maximum atomic E-state index is 5.50. The van der Waals surface area contributed by atoms with Crippen molar-refractivity contribution < 1.29 is 9.47 Å². The van der Waals surface area contributed by atoms with Gasteiger partial charge in [0.05, 0.1) is 25.0 Å². The van der Waals surface area contributed by atoms with Crippen LogP contribution in [-0.2, 0) is 24.9 Å². The van der Waals surface area contributed by atoms with Gasteiger partial charge in [-0.1, -0.05) is 18.2 Å². The van der Waals surface area contributed by atoms with Crippen LogP contribution in [0.15, 0.2) is 24.3 Å². The lowest BCUT2D eigenvalue weighted by molar-refractivity contribution is 0.134. The molecular weight excluding hydrogens is 266 g/mol. The average Bonchev–Trinajstić information content (AvgIpc) is 2.77. The highest BCUT2D eigenvalue weighted by Crippen LogP contribution is 2.23. The molecule has 1 aromatic heterocycles. The minimum absolute atomic E-state index is 0.614. The number of anilines is 1. The first-order valence-corrected chi connectivity index (χ1v) is 7.13. The molecule has 0 fully saturated rings. The minimum Gasteiger partial charge on any atom is -0.481 e. The minimum atomic E-state index is 0.614. The number of nitrogens with zero attached hydrogens (tertiary/aromatic N) is 2. The van der Waals surface area contributed by atoms with Gasteiger partial charge in [0.2, 0.25) is 5.88 Å². The quantitative estimate of drug-likeness (QED) is 0.851. The number of benzene rings is 1. The van der Waals surface area contributed by atoms with E-state index in [4.69, 9.17) is 9.47 Å². The molecule has 5 nitrogen and oxygen atoms in total. The number of methoxy groups -OCH3 is 1. The number of aryl methyl sites for hydroxylation is 2. The van der Waals surface area contributed by atoms with Crippen molar-refractivity contribution in [2.75, 3.05) is 19.0 Å². The first kappa shape index (κ1) is 15.4. The number of aromatic nitrogens is 2. The lowest BCUT2D eigenvalue weighted by Gasteiger charge is -2.12. The van der Waals surface area contributed by atoms with Crippen LogP contribution >= 0.6 is 0 Å². The average molecular weight is 289 g/mol. The summed E-state index contributed by atoms with van der Waals surface area (Å²) in [5.74, 6) is 0.794. The predicted molar refractivity (Wildman–Crippen MR) is 83.6 cm³/mol. The summed E-state index contributed by atoms with van der Waals surface area (Å²) >= 11 is 0. The van der Waals surface area contributed by atoms with E-state index in [1.165, 1.54) is 0 Å². The Morgan fingerprint density at radius 3 is 2.76 bits per heavy atom. The fraction of sp³-hybridized carbons (Fsp3) is 0.438. The van der Waals surface area contributed by atoms with Gasteiger partial charge in [-0.3, -0.25) is 0 Å². The molecule has 1 N–H and O–H groups in total. The van der Waals surface area contributed by atoms with Crippen LogP contribution in [0.3, 0.4) is 0 Å². The summed E-state index contributed by atoms with van der Waals surface area (Å²) in [4.78, 5) is 0. The van der Waals surface area contributed by atoms with Crippen molar-refractivity contribution >= 4 is 5.69 Å². The van der Waals surface area contributed by atoms with Gasteiger partial charge in [-0.05, 0) is 19.9 Å². The molecule has 0 atom stereocenters. The Hall–Kier alpha value is -2.01. The number of hydrogen-bond donors (Lipinski definition) is 1. The SMILES string of the molecule is CCOCc1ccccc1NCc1c(C)nn(C)c1OC. The van der Waals surface area contributed by atoms with Crippen molar-refractivity contribution in [1.82, 2.24) is 9.78 Å². The van der Waals surface area contributed by atoms with E-state index in [9.17, 15) is 0 Å². The van der Waals surface area contributed by atoms with E-state index in [0.717, 1.165) is 28.4 Å². The number of nitrogens with one attached hydrogen (secondary N) is 1. The molecule has 0 radical (unpaired) electrons. The van der Waals surface area contributed by atoms with E-state index in [0.29, 0.717) is 19.8 Å². The molecule has 0 bridgehead atoms. The Balaban J connectivity index is 2.13. The first-order valence-electron chi connectivity index (χ1n) is 7.13. The highest BCUT2D eigenvalue weighted by atomic mass is 16.5. The second kappa shape index (κ2) is 7.13. The zero-order valence-electron chi connectivity index (χ0n) is 13.1. The lowest BCUT2D eigenvalue weighted by atomic mass is 10.1. The Morgan fingerprint density at radius 1 is 1.29 bits per heavy atom. The van der Waals surface area contributed by atoms with E-state index in [-0.39, 0.29) is 0 Å². The molecule has 21 heavy (non-hydrogen) atoms. The summed E-state index contributed by atoms with van der Waals surface area (Å²) in [6, 6.07) is 8.18. The predicted octanol–water partition coefficient (Wildman–Crippen LogP) is 2.89. The van der Waals surface area contributed by atoms with Gasteiger partial charge in [0, 0.05) is 31.5 Å². The van der Waals surface area contributed by atoms with Gasteiger partial charge in [0.1, 0.15) is 0 Å². The van der Waals surface area contributed by atoms with Crippen molar-refractivity contribution in [3.8, 4) is 5.88 Å². The molecule has 0 saturated carbocycles. The molecule has 0 aliphatic rings. The van der Waals surface area contributed by atoms with E-state index >= 15 is 0 Å². The van der Waals surface area contributed by atoms with E-state index < -0.39 is 0 Å². The van der Waals surface area contributed by atoms with Crippen LogP contribution in [0.5, 0.6) is 5.88 Å². The normalized spacial score (nSPS) is 10.7. The highest BCUT2D eigenvalue weighted by Gasteiger charge is 2.13. The van der Waals surface area contributed by atoms with E-state index in [2.05, 4.69) is 22.5 Å². The van der Waals surface area contributed by atoms with Gasteiger partial charge in [-0.2, -0.15) is 5.10 Å². The summed E-state index contributed by atoms with van der Waals surface area (Å²) in [5.41, 5.74) is 4.28. The summed E-state index contributed by atoms with van der Waals surface area (Å²) in [5, 5.41) is 7.85. The highest BCUT2D eigenvalue weighted by molar-refractivity contribution is 5.51. The summed E-state index contributed by atoms with van der Waals surface area (Å²) in [6.07, 6.45) is 0. The monoisotopic (exact) mass is 289 g/mol. The third kappa shape index (κ3) is 3.55. The molecule has 0 aliphatic carbocycles. The topological polar surface area (TPSA) is 48.3 Å². The van der Waals surface area contributed by atoms with E-state index in [1.807, 2.05) is 33.0 Å². The van der Waals surface area contributed by atoms with Gasteiger partial charge in [-0.25, -0.2) is 4.68 Å². The third-order valence-corrected chi connectivity index (χ3v) is 3.42. The third-order valence-electron chi connectivity index (χ3n) is 3.42. The lowest BCUT2D eigenvalue weighted by Crippen LogP contribution is -2.05. The Bertz CT molecular complexity index is 593. The van der Waals surface area contributed by atoms with Crippen LogP contribution in [0.2, 0.25) is 0 Å². The fourth-order valence-corrected chi connectivity index (χ4v) is 2.35. The van der Waals surface area contributed by atoms with Crippen molar-refractivity contribution in [2.24, 2.45) is 7.05 Å².